The van der Waals surface area contributed by atoms with Crippen LogP contribution >= 0.6 is 0 Å². The summed E-state index contributed by atoms with van der Waals surface area (Å²) in [6.45, 7) is 0.846. The van der Waals surface area contributed by atoms with Crippen LogP contribution in [0.3, 0.4) is 0 Å². The molecule has 0 radical (unpaired) electrons. The standard InChI is InChI=1S/C20H21N5/c1-24-14-17(13-22-24)20(16-7-3-2-4-8-16)21-11-10-18-15-25-12-6-5-9-19(25)23-18/h2-9,12-15,20-21H,10-11H2,1H3/t20-/m0/s1. The van der Waals surface area contributed by atoms with Crippen molar-refractivity contribution in [3.05, 3.63) is 90.1 Å². The van der Waals surface area contributed by atoms with Crippen LogP contribution in [0.1, 0.15) is 22.9 Å². The number of nitrogens with zero attached hydrogens (tertiary/aromatic N) is 4. The van der Waals surface area contributed by atoms with Crippen LogP contribution in [0.4, 0.5) is 0 Å². The summed E-state index contributed by atoms with van der Waals surface area (Å²) in [7, 11) is 1.95. The van der Waals surface area contributed by atoms with E-state index in [-0.39, 0.29) is 6.04 Å². The second-order valence-electron chi connectivity index (χ2n) is 6.19. The predicted molar refractivity (Wildman–Crippen MR) is 98.4 cm³/mol. The first-order valence-corrected chi connectivity index (χ1v) is 8.49. The van der Waals surface area contributed by atoms with Crippen LogP contribution in [0, 0.1) is 0 Å². The van der Waals surface area contributed by atoms with Gasteiger partial charge in [-0.1, -0.05) is 36.4 Å². The molecule has 0 aliphatic heterocycles. The molecule has 0 saturated heterocycles. The Morgan fingerprint density at radius 3 is 2.60 bits per heavy atom. The number of pyridine rings is 1. The Labute approximate surface area is 147 Å². The monoisotopic (exact) mass is 331 g/mol. The Balaban J connectivity index is 1.49. The van der Waals surface area contributed by atoms with Crippen molar-refractivity contribution in [2.24, 2.45) is 7.05 Å². The Morgan fingerprint density at radius 2 is 1.84 bits per heavy atom. The topological polar surface area (TPSA) is 47.2 Å². The summed E-state index contributed by atoms with van der Waals surface area (Å²) in [5, 5.41) is 7.97. The number of nitrogens with one attached hydrogen (secondary N) is 1. The molecule has 0 fully saturated rings. The fourth-order valence-electron chi connectivity index (χ4n) is 3.12. The minimum absolute atomic E-state index is 0.131. The van der Waals surface area contributed by atoms with Gasteiger partial charge in [-0.25, -0.2) is 4.98 Å². The number of aryl methyl sites for hydroxylation is 1. The number of imidazole rings is 1. The molecule has 1 atom stereocenters. The molecule has 4 rings (SSSR count). The van der Waals surface area contributed by atoms with E-state index in [2.05, 4.69) is 56.5 Å². The second kappa shape index (κ2) is 6.91. The molecule has 0 bridgehead atoms. The smallest absolute Gasteiger partial charge is 0.136 e. The lowest BCUT2D eigenvalue weighted by Gasteiger charge is -2.17. The number of rotatable bonds is 6. The minimum Gasteiger partial charge on any atom is -0.307 e. The van der Waals surface area contributed by atoms with E-state index in [1.165, 1.54) is 11.1 Å². The molecule has 5 nitrogen and oxygen atoms in total. The molecule has 3 aromatic heterocycles. The highest BCUT2D eigenvalue weighted by atomic mass is 15.2. The van der Waals surface area contributed by atoms with Gasteiger partial charge < -0.3 is 9.72 Å². The third-order valence-electron chi connectivity index (χ3n) is 4.33. The first kappa shape index (κ1) is 15.6. The van der Waals surface area contributed by atoms with Crippen LogP contribution < -0.4 is 5.32 Å². The van der Waals surface area contributed by atoms with Gasteiger partial charge in [0.1, 0.15) is 5.65 Å². The Morgan fingerprint density at radius 1 is 1.00 bits per heavy atom. The first-order chi connectivity index (χ1) is 12.3. The molecule has 1 N–H and O–H groups in total. The van der Waals surface area contributed by atoms with Gasteiger partial charge in [-0.3, -0.25) is 4.68 Å². The second-order valence-corrected chi connectivity index (χ2v) is 6.19. The van der Waals surface area contributed by atoms with E-state index < -0.39 is 0 Å². The van der Waals surface area contributed by atoms with Crippen LogP contribution in [-0.4, -0.2) is 25.7 Å². The average Bonchev–Trinajstić information content (AvgIpc) is 3.25. The Kier molecular flexibility index (Phi) is 4.31. The zero-order chi connectivity index (χ0) is 17.1. The maximum atomic E-state index is 4.67. The summed E-state index contributed by atoms with van der Waals surface area (Å²) in [5.41, 5.74) is 4.50. The molecule has 0 aliphatic rings. The molecule has 0 amide bonds. The lowest BCUT2D eigenvalue weighted by molar-refractivity contribution is 0.602. The van der Waals surface area contributed by atoms with E-state index in [1.807, 2.05) is 48.4 Å². The maximum absolute atomic E-state index is 4.67. The number of hydrogen-bond donors (Lipinski definition) is 1. The lowest BCUT2D eigenvalue weighted by atomic mass is 10.0. The number of fused-ring (bicyclic) bond motifs is 1. The molecular formula is C20H21N5. The van der Waals surface area contributed by atoms with Crippen molar-refractivity contribution in [1.29, 1.82) is 0 Å². The molecule has 5 heteroatoms. The average molecular weight is 331 g/mol. The van der Waals surface area contributed by atoms with Crippen LogP contribution in [0.2, 0.25) is 0 Å². The normalized spacial score (nSPS) is 12.5. The van der Waals surface area contributed by atoms with Crippen molar-refractivity contribution in [2.45, 2.75) is 12.5 Å². The molecular weight excluding hydrogens is 310 g/mol. The molecule has 0 aliphatic carbocycles. The van der Waals surface area contributed by atoms with E-state index >= 15 is 0 Å². The quantitative estimate of drug-likeness (QED) is 0.591. The number of aromatic nitrogens is 4. The molecule has 25 heavy (non-hydrogen) atoms. The van der Waals surface area contributed by atoms with Gasteiger partial charge in [0, 0.05) is 44.2 Å². The van der Waals surface area contributed by atoms with Gasteiger partial charge in [-0.2, -0.15) is 5.10 Å². The highest BCUT2D eigenvalue weighted by Crippen LogP contribution is 2.21. The van der Waals surface area contributed by atoms with Crippen LogP contribution in [0.25, 0.3) is 5.65 Å². The SMILES string of the molecule is Cn1cc([C@@H](NCCc2cn3ccccc3n2)c2ccccc2)cn1. The molecule has 0 unspecified atom stereocenters. The van der Waals surface area contributed by atoms with E-state index in [9.17, 15) is 0 Å². The van der Waals surface area contributed by atoms with Gasteiger partial charge in [0.15, 0.2) is 0 Å². The molecule has 1 aromatic carbocycles. The molecule has 0 spiro atoms. The van der Waals surface area contributed by atoms with Crippen LogP contribution in [-0.2, 0) is 13.5 Å². The van der Waals surface area contributed by atoms with Crippen LogP contribution in [0.15, 0.2) is 73.3 Å². The zero-order valence-electron chi connectivity index (χ0n) is 14.2. The van der Waals surface area contributed by atoms with Crippen molar-refractivity contribution in [1.82, 2.24) is 24.5 Å². The molecule has 3 heterocycles. The van der Waals surface area contributed by atoms with Crippen molar-refractivity contribution < 1.29 is 0 Å². The maximum Gasteiger partial charge on any atom is 0.136 e. The molecule has 0 saturated carbocycles. The highest BCUT2D eigenvalue weighted by Gasteiger charge is 2.15. The van der Waals surface area contributed by atoms with Crippen molar-refractivity contribution in [3.8, 4) is 0 Å². The Bertz CT molecular complexity index is 921. The summed E-state index contributed by atoms with van der Waals surface area (Å²) in [5.74, 6) is 0. The predicted octanol–water partition coefficient (Wildman–Crippen LogP) is 2.99. The largest absolute Gasteiger partial charge is 0.307 e. The summed E-state index contributed by atoms with van der Waals surface area (Å²) in [4.78, 5) is 4.67. The van der Waals surface area contributed by atoms with Crippen LogP contribution in [0.5, 0.6) is 0 Å². The van der Waals surface area contributed by atoms with E-state index in [0.717, 1.165) is 24.3 Å². The molecule has 126 valence electrons. The molecule has 4 aromatic rings. The number of hydrogen-bond acceptors (Lipinski definition) is 3. The fraction of sp³-hybridized carbons (Fsp3) is 0.200. The fourth-order valence-corrected chi connectivity index (χ4v) is 3.12. The van der Waals surface area contributed by atoms with Gasteiger partial charge in [-0.05, 0) is 17.7 Å². The van der Waals surface area contributed by atoms with E-state index in [4.69, 9.17) is 0 Å². The van der Waals surface area contributed by atoms with Crippen molar-refractivity contribution >= 4 is 5.65 Å². The third kappa shape index (κ3) is 3.46. The van der Waals surface area contributed by atoms with Gasteiger partial charge in [-0.15, -0.1) is 0 Å². The Hall–Kier alpha value is -2.92. The van der Waals surface area contributed by atoms with Gasteiger partial charge in [0.05, 0.1) is 17.9 Å². The minimum atomic E-state index is 0.131. The summed E-state index contributed by atoms with van der Waals surface area (Å²) >= 11 is 0. The first-order valence-electron chi connectivity index (χ1n) is 8.49. The van der Waals surface area contributed by atoms with E-state index in [1.54, 1.807) is 0 Å². The lowest BCUT2D eigenvalue weighted by Crippen LogP contribution is -2.24. The summed E-state index contributed by atoms with van der Waals surface area (Å²) in [6, 6.07) is 16.7. The zero-order valence-corrected chi connectivity index (χ0v) is 14.2. The highest BCUT2D eigenvalue weighted by molar-refractivity contribution is 5.39. The van der Waals surface area contributed by atoms with Crippen molar-refractivity contribution in [3.63, 3.8) is 0 Å². The van der Waals surface area contributed by atoms with Gasteiger partial charge >= 0.3 is 0 Å². The van der Waals surface area contributed by atoms with Gasteiger partial charge in [0.2, 0.25) is 0 Å². The summed E-state index contributed by atoms with van der Waals surface area (Å²) in [6.07, 6.45) is 9.00. The van der Waals surface area contributed by atoms with Crippen molar-refractivity contribution in [2.75, 3.05) is 6.54 Å². The third-order valence-corrected chi connectivity index (χ3v) is 4.33. The van der Waals surface area contributed by atoms with Gasteiger partial charge in [0.25, 0.3) is 0 Å². The summed E-state index contributed by atoms with van der Waals surface area (Å²) < 4.78 is 3.90. The van der Waals surface area contributed by atoms with E-state index in [0.29, 0.717) is 0 Å². The number of benzene rings is 1.